The summed E-state index contributed by atoms with van der Waals surface area (Å²) in [7, 11) is 0. The van der Waals surface area contributed by atoms with Gasteiger partial charge in [-0.1, -0.05) is 65.0 Å². The van der Waals surface area contributed by atoms with Gasteiger partial charge in [-0.25, -0.2) is 0 Å². The van der Waals surface area contributed by atoms with Crippen LogP contribution in [0.15, 0.2) is 30.3 Å². The molecule has 0 saturated heterocycles. The predicted molar refractivity (Wildman–Crippen MR) is 70.3 cm³/mol. The number of hydrogen-bond donors (Lipinski definition) is 0. The molecule has 0 spiro atoms. The van der Waals surface area contributed by atoms with Crippen LogP contribution in [0, 0.1) is 5.92 Å². The van der Waals surface area contributed by atoms with Crippen molar-refractivity contribution in [2.75, 3.05) is 0 Å². The van der Waals surface area contributed by atoms with E-state index in [0.29, 0.717) is 0 Å². The third kappa shape index (κ3) is 3.37. The highest BCUT2D eigenvalue weighted by Crippen LogP contribution is 2.36. The van der Waals surface area contributed by atoms with Crippen LogP contribution in [0.1, 0.15) is 58.9 Å². The highest BCUT2D eigenvalue weighted by molar-refractivity contribution is 5.19. The van der Waals surface area contributed by atoms with Gasteiger partial charge in [0.05, 0.1) is 0 Å². The Kier molecular flexibility index (Phi) is 6.31. The lowest BCUT2D eigenvalue weighted by molar-refractivity contribution is 0.461. The van der Waals surface area contributed by atoms with Crippen LogP contribution in [-0.4, -0.2) is 0 Å². The van der Waals surface area contributed by atoms with Crippen LogP contribution in [0.5, 0.6) is 0 Å². The molecular formula is C15H26. The summed E-state index contributed by atoms with van der Waals surface area (Å²) in [5, 5.41) is 0. The van der Waals surface area contributed by atoms with Crippen molar-refractivity contribution in [3.05, 3.63) is 35.9 Å². The van der Waals surface area contributed by atoms with Crippen LogP contribution >= 0.6 is 0 Å². The molecule has 1 unspecified atom stereocenters. The van der Waals surface area contributed by atoms with E-state index in [9.17, 15) is 0 Å². The van der Waals surface area contributed by atoms with E-state index in [1.807, 2.05) is 0 Å². The van der Waals surface area contributed by atoms with Gasteiger partial charge < -0.3 is 0 Å². The fourth-order valence-electron chi connectivity index (χ4n) is 2.49. The average Bonchev–Trinajstić information content (AvgIpc) is 2.71. The van der Waals surface area contributed by atoms with Crippen molar-refractivity contribution in [1.29, 1.82) is 0 Å². The summed E-state index contributed by atoms with van der Waals surface area (Å²) < 4.78 is 0. The molecule has 1 aromatic rings. The summed E-state index contributed by atoms with van der Waals surface area (Å²) in [4.78, 5) is 0. The quantitative estimate of drug-likeness (QED) is 0.619. The minimum atomic E-state index is 0. The summed E-state index contributed by atoms with van der Waals surface area (Å²) in [6, 6.07) is 10.9. The minimum absolute atomic E-state index is 0. The molecule has 0 heteroatoms. The molecule has 0 nitrogen and oxygen atoms in total. The Morgan fingerprint density at radius 2 is 1.53 bits per heavy atom. The minimum Gasteiger partial charge on any atom is -0.0776 e. The van der Waals surface area contributed by atoms with E-state index in [0.717, 1.165) is 11.8 Å². The third-order valence-electron chi connectivity index (χ3n) is 3.43. The molecule has 2 rings (SSSR count). The number of benzene rings is 1. The van der Waals surface area contributed by atoms with Gasteiger partial charge in [-0.3, -0.25) is 0 Å². The molecule has 0 heterocycles. The Morgan fingerprint density at radius 3 is 2.07 bits per heavy atom. The van der Waals surface area contributed by atoms with Crippen LogP contribution in [0.2, 0.25) is 0 Å². The highest BCUT2D eigenvalue weighted by atomic mass is 14.3. The SMILES string of the molecule is C.C.CC(c1ccccc1)C1CCCC1. The molecule has 0 aromatic heterocycles. The van der Waals surface area contributed by atoms with Crippen LogP contribution in [0.25, 0.3) is 0 Å². The van der Waals surface area contributed by atoms with Crippen LogP contribution in [0.3, 0.4) is 0 Å². The molecule has 0 aliphatic heterocycles. The molecule has 0 radical (unpaired) electrons. The lowest BCUT2D eigenvalue weighted by atomic mass is 9.87. The Balaban J connectivity index is 0.000000980. The Morgan fingerprint density at radius 1 is 1.00 bits per heavy atom. The van der Waals surface area contributed by atoms with Gasteiger partial charge in [-0.05, 0) is 30.2 Å². The Hall–Kier alpha value is -0.780. The summed E-state index contributed by atoms with van der Waals surface area (Å²) >= 11 is 0. The molecule has 0 bridgehead atoms. The highest BCUT2D eigenvalue weighted by Gasteiger charge is 2.22. The predicted octanol–water partition coefficient (Wildman–Crippen LogP) is 5.25. The molecule has 1 aromatic carbocycles. The molecule has 1 saturated carbocycles. The smallest absolute Gasteiger partial charge is 0.0162 e. The van der Waals surface area contributed by atoms with Crippen molar-refractivity contribution in [3.8, 4) is 0 Å². The second kappa shape index (κ2) is 6.66. The lowest BCUT2D eigenvalue weighted by Crippen LogP contribution is -2.05. The van der Waals surface area contributed by atoms with Gasteiger partial charge in [0.2, 0.25) is 0 Å². The molecule has 0 amide bonds. The van der Waals surface area contributed by atoms with Crippen LogP contribution in [0.4, 0.5) is 0 Å². The van der Waals surface area contributed by atoms with E-state index >= 15 is 0 Å². The molecule has 1 aliphatic rings. The summed E-state index contributed by atoms with van der Waals surface area (Å²) in [5.74, 6) is 1.71. The third-order valence-corrected chi connectivity index (χ3v) is 3.43. The summed E-state index contributed by atoms with van der Waals surface area (Å²) in [6.45, 7) is 2.38. The van der Waals surface area contributed by atoms with Crippen molar-refractivity contribution in [1.82, 2.24) is 0 Å². The zero-order valence-corrected chi connectivity index (χ0v) is 8.37. The first kappa shape index (κ1) is 14.2. The van der Waals surface area contributed by atoms with E-state index in [4.69, 9.17) is 0 Å². The van der Waals surface area contributed by atoms with Gasteiger partial charge in [0.25, 0.3) is 0 Å². The largest absolute Gasteiger partial charge is 0.0776 e. The lowest BCUT2D eigenvalue weighted by Gasteiger charge is -2.18. The molecular weight excluding hydrogens is 180 g/mol. The van der Waals surface area contributed by atoms with E-state index in [1.165, 1.54) is 31.2 Å². The molecule has 1 aliphatic carbocycles. The van der Waals surface area contributed by atoms with E-state index < -0.39 is 0 Å². The molecule has 1 fully saturated rings. The van der Waals surface area contributed by atoms with E-state index in [-0.39, 0.29) is 14.9 Å². The topological polar surface area (TPSA) is 0 Å². The maximum absolute atomic E-state index is 2.38. The zero-order valence-electron chi connectivity index (χ0n) is 8.37. The first-order chi connectivity index (χ1) is 6.38. The monoisotopic (exact) mass is 206 g/mol. The normalized spacial score (nSPS) is 17.7. The standard InChI is InChI=1S/C13H18.2CH4/c1-11(13-9-5-6-10-13)12-7-3-2-4-8-12;;/h2-4,7-8,11,13H,5-6,9-10H2,1H3;2*1H4. The maximum Gasteiger partial charge on any atom is -0.0162 e. The van der Waals surface area contributed by atoms with Gasteiger partial charge in [-0.2, -0.15) is 0 Å². The summed E-state index contributed by atoms with van der Waals surface area (Å²) in [5.41, 5.74) is 1.52. The number of hydrogen-bond acceptors (Lipinski definition) is 0. The fourth-order valence-corrected chi connectivity index (χ4v) is 2.49. The van der Waals surface area contributed by atoms with Gasteiger partial charge >= 0.3 is 0 Å². The first-order valence-electron chi connectivity index (χ1n) is 5.43. The molecule has 0 N–H and O–H groups in total. The van der Waals surface area contributed by atoms with Crippen molar-refractivity contribution in [2.45, 2.75) is 53.4 Å². The van der Waals surface area contributed by atoms with E-state index in [2.05, 4.69) is 37.3 Å². The number of rotatable bonds is 2. The van der Waals surface area contributed by atoms with Crippen molar-refractivity contribution in [2.24, 2.45) is 5.92 Å². The second-order valence-electron chi connectivity index (χ2n) is 4.24. The van der Waals surface area contributed by atoms with Crippen molar-refractivity contribution in [3.63, 3.8) is 0 Å². The van der Waals surface area contributed by atoms with Crippen molar-refractivity contribution >= 4 is 0 Å². The molecule has 1 atom stereocenters. The maximum atomic E-state index is 2.38. The summed E-state index contributed by atoms with van der Waals surface area (Å²) in [6.07, 6.45) is 5.77. The zero-order chi connectivity index (χ0) is 9.10. The first-order valence-corrected chi connectivity index (χ1v) is 5.43. The Labute approximate surface area is 95.7 Å². The van der Waals surface area contributed by atoms with E-state index in [1.54, 1.807) is 0 Å². The van der Waals surface area contributed by atoms with Gasteiger partial charge in [-0.15, -0.1) is 0 Å². The Bertz CT molecular complexity index is 244. The van der Waals surface area contributed by atoms with Crippen LogP contribution in [-0.2, 0) is 0 Å². The van der Waals surface area contributed by atoms with Crippen molar-refractivity contribution < 1.29 is 0 Å². The average molecular weight is 206 g/mol. The second-order valence-corrected chi connectivity index (χ2v) is 4.24. The van der Waals surface area contributed by atoms with Gasteiger partial charge in [0, 0.05) is 0 Å². The molecule has 86 valence electrons. The van der Waals surface area contributed by atoms with Gasteiger partial charge in [0.15, 0.2) is 0 Å². The fraction of sp³-hybridized carbons (Fsp3) is 0.600. The van der Waals surface area contributed by atoms with Gasteiger partial charge in [0.1, 0.15) is 0 Å². The van der Waals surface area contributed by atoms with Crippen LogP contribution < -0.4 is 0 Å². The molecule has 15 heavy (non-hydrogen) atoms.